The van der Waals surface area contributed by atoms with E-state index in [1.807, 2.05) is 0 Å². The van der Waals surface area contributed by atoms with Gasteiger partial charge in [0.05, 0.1) is 5.69 Å². The molecule has 0 aromatic heterocycles. The van der Waals surface area contributed by atoms with Gasteiger partial charge in [0.15, 0.2) is 6.61 Å². The van der Waals surface area contributed by atoms with Crippen molar-refractivity contribution in [2.75, 3.05) is 11.9 Å². The second-order valence-corrected chi connectivity index (χ2v) is 5.77. The Morgan fingerprint density at radius 3 is 2.46 bits per heavy atom. The third kappa shape index (κ3) is 4.89. The summed E-state index contributed by atoms with van der Waals surface area (Å²) in [6, 6.07) is 9.76. The molecule has 1 unspecified atom stereocenters. The Labute approximate surface area is 144 Å². The Hall–Kier alpha value is -2.22. The van der Waals surface area contributed by atoms with Crippen LogP contribution in [-0.4, -0.2) is 23.9 Å². The van der Waals surface area contributed by atoms with Gasteiger partial charge < -0.3 is 15.2 Å². The zero-order valence-electron chi connectivity index (χ0n) is 12.2. The zero-order chi connectivity index (χ0) is 17.7. The van der Waals surface area contributed by atoms with Crippen molar-refractivity contribution >= 4 is 27.6 Å². The Morgan fingerprint density at radius 2 is 1.88 bits per heavy atom. The van der Waals surface area contributed by atoms with Crippen LogP contribution in [0.2, 0.25) is 0 Å². The van der Waals surface area contributed by atoms with Crippen molar-refractivity contribution in [2.24, 2.45) is 0 Å². The molecule has 8 heteroatoms. The van der Waals surface area contributed by atoms with E-state index in [0.717, 1.165) is 0 Å². The number of halogens is 4. The summed E-state index contributed by atoms with van der Waals surface area (Å²) in [4.78, 5) is 10.6. The fraction of sp³-hybridized carbons (Fsp3) is 0.188. The lowest BCUT2D eigenvalue weighted by atomic mass is 10.1. The molecule has 4 nitrogen and oxygen atoms in total. The maximum absolute atomic E-state index is 13.4. The molecule has 2 aromatic carbocycles. The summed E-state index contributed by atoms with van der Waals surface area (Å²) in [5.41, 5.74) is 0.0859. The zero-order valence-corrected chi connectivity index (χ0v) is 13.8. The van der Waals surface area contributed by atoms with Crippen molar-refractivity contribution in [1.29, 1.82) is 0 Å². The van der Waals surface area contributed by atoms with Gasteiger partial charge in [-0.05, 0) is 23.8 Å². The van der Waals surface area contributed by atoms with Gasteiger partial charge in [0.25, 0.3) is 0 Å². The number of anilines is 1. The van der Waals surface area contributed by atoms with Gasteiger partial charge >= 0.3 is 12.1 Å². The molecular weight excluding hydrogens is 391 g/mol. The van der Waals surface area contributed by atoms with Gasteiger partial charge in [0, 0.05) is 4.47 Å². The third-order valence-corrected chi connectivity index (χ3v) is 3.55. The fourth-order valence-electron chi connectivity index (χ4n) is 2.03. The lowest BCUT2D eigenvalue weighted by Crippen LogP contribution is -2.28. The number of alkyl halides is 3. The van der Waals surface area contributed by atoms with Gasteiger partial charge in [0.1, 0.15) is 11.8 Å². The van der Waals surface area contributed by atoms with Crippen LogP contribution in [0.4, 0.5) is 18.9 Å². The number of hydrogen-bond acceptors (Lipinski definition) is 3. The molecule has 0 aliphatic rings. The van der Waals surface area contributed by atoms with E-state index < -0.39 is 24.8 Å². The molecule has 0 saturated heterocycles. The minimum Gasteiger partial charge on any atom is -0.480 e. The molecule has 1 atom stereocenters. The quantitative estimate of drug-likeness (QED) is 0.738. The first-order valence-corrected chi connectivity index (χ1v) is 7.59. The van der Waals surface area contributed by atoms with Crippen LogP contribution in [0.25, 0.3) is 0 Å². The SMILES string of the molecule is O=C(O)COc1cc(Br)ccc1NC(c1ccccc1)C(F)(F)F. The fourth-order valence-corrected chi connectivity index (χ4v) is 2.37. The minimum atomic E-state index is -4.54. The van der Waals surface area contributed by atoms with E-state index in [2.05, 4.69) is 21.2 Å². The highest BCUT2D eigenvalue weighted by molar-refractivity contribution is 9.10. The van der Waals surface area contributed by atoms with Crippen LogP contribution in [-0.2, 0) is 4.79 Å². The predicted octanol–water partition coefficient (Wildman–Crippen LogP) is 4.63. The molecule has 0 fully saturated rings. The molecule has 0 aliphatic carbocycles. The molecule has 2 aromatic rings. The standard InChI is InChI=1S/C16H13BrF3NO3/c17-11-6-7-12(13(8-11)24-9-14(22)23)21-15(16(18,19)20)10-4-2-1-3-5-10/h1-8,15,21H,9H2,(H,22,23). The number of rotatable bonds is 6. The van der Waals surface area contributed by atoms with E-state index in [9.17, 15) is 18.0 Å². The first kappa shape index (κ1) is 18.1. The smallest absolute Gasteiger partial charge is 0.412 e. The van der Waals surface area contributed by atoms with Crippen LogP contribution < -0.4 is 10.1 Å². The Kier molecular flexibility index (Phi) is 5.71. The van der Waals surface area contributed by atoms with Crippen LogP contribution in [0.15, 0.2) is 53.0 Å². The highest BCUT2D eigenvalue weighted by atomic mass is 79.9. The third-order valence-electron chi connectivity index (χ3n) is 3.05. The summed E-state index contributed by atoms with van der Waals surface area (Å²) in [6.45, 7) is -0.660. The van der Waals surface area contributed by atoms with E-state index in [1.165, 1.54) is 42.5 Å². The minimum absolute atomic E-state index is 0.0111. The van der Waals surface area contributed by atoms with Crippen molar-refractivity contribution in [2.45, 2.75) is 12.2 Å². The largest absolute Gasteiger partial charge is 0.480 e. The van der Waals surface area contributed by atoms with Gasteiger partial charge in [-0.1, -0.05) is 46.3 Å². The summed E-state index contributed by atoms with van der Waals surface area (Å²) in [5, 5.41) is 11.1. The summed E-state index contributed by atoms with van der Waals surface area (Å²) >= 11 is 3.18. The highest BCUT2D eigenvalue weighted by Gasteiger charge is 2.41. The molecule has 128 valence electrons. The maximum Gasteiger partial charge on any atom is 0.412 e. The van der Waals surface area contributed by atoms with Gasteiger partial charge in [-0.3, -0.25) is 0 Å². The molecule has 0 heterocycles. The van der Waals surface area contributed by atoms with Crippen molar-refractivity contribution in [3.8, 4) is 5.75 Å². The number of benzene rings is 2. The number of aliphatic carboxylic acids is 1. The van der Waals surface area contributed by atoms with Crippen LogP contribution in [0.3, 0.4) is 0 Å². The lowest BCUT2D eigenvalue weighted by molar-refractivity contribution is -0.144. The number of carbonyl (C=O) groups is 1. The molecule has 0 spiro atoms. The van der Waals surface area contributed by atoms with Gasteiger partial charge in [-0.2, -0.15) is 13.2 Å². The monoisotopic (exact) mass is 403 g/mol. The topological polar surface area (TPSA) is 58.6 Å². The molecule has 2 rings (SSSR count). The van der Waals surface area contributed by atoms with E-state index >= 15 is 0 Å². The van der Waals surface area contributed by atoms with E-state index in [-0.39, 0.29) is 17.0 Å². The average molecular weight is 404 g/mol. The second-order valence-electron chi connectivity index (χ2n) is 4.85. The first-order chi connectivity index (χ1) is 11.3. The van der Waals surface area contributed by atoms with Gasteiger partial charge in [-0.15, -0.1) is 0 Å². The number of carboxylic acids is 1. The maximum atomic E-state index is 13.4. The molecule has 0 bridgehead atoms. The lowest BCUT2D eigenvalue weighted by Gasteiger charge is -2.24. The molecule has 2 N–H and O–H groups in total. The molecule has 0 amide bonds. The van der Waals surface area contributed by atoms with Crippen molar-refractivity contribution in [3.63, 3.8) is 0 Å². The number of hydrogen-bond donors (Lipinski definition) is 2. The normalized spacial score (nSPS) is 12.5. The Balaban J connectivity index is 2.34. The summed E-state index contributed by atoms with van der Waals surface area (Å²) in [6.07, 6.45) is -4.54. The van der Waals surface area contributed by atoms with Gasteiger partial charge in [0.2, 0.25) is 0 Å². The van der Waals surface area contributed by atoms with Crippen LogP contribution >= 0.6 is 15.9 Å². The van der Waals surface area contributed by atoms with Gasteiger partial charge in [-0.25, -0.2) is 4.79 Å². The summed E-state index contributed by atoms with van der Waals surface area (Å²) in [5.74, 6) is -1.21. The predicted molar refractivity (Wildman–Crippen MR) is 86.1 cm³/mol. The Morgan fingerprint density at radius 1 is 1.21 bits per heavy atom. The average Bonchev–Trinajstić information content (AvgIpc) is 2.51. The Bertz CT molecular complexity index is 707. The van der Waals surface area contributed by atoms with Crippen LogP contribution in [0.1, 0.15) is 11.6 Å². The number of nitrogens with one attached hydrogen (secondary N) is 1. The number of ether oxygens (including phenoxy) is 1. The number of carboxylic acid groups (broad SMARTS) is 1. The molecule has 24 heavy (non-hydrogen) atoms. The highest BCUT2D eigenvalue weighted by Crippen LogP contribution is 2.38. The van der Waals surface area contributed by atoms with Crippen LogP contribution in [0.5, 0.6) is 5.75 Å². The first-order valence-electron chi connectivity index (χ1n) is 6.79. The van der Waals surface area contributed by atoms with E-state index in [4.69, 9.17) is 9.84 Å². The van der Waals surface area contributed by atoms with E-state index in [1.54, 1.807) is 6.07 Å². The molecular formula is C16H13BrF3NO3. The molecule has 0 radical (unpaired) electrons. The second kappa shape index (κ2) is 7.57. The van der Waals surface area contributed by atoms with Crippen molar-refractivity contribution < 1.29 is 27.8 Å². The van der Waals surface area contributed by atoms with Crippen LogP contribution in [0, 0.1) is 0 Å². The van der Waals surface area contributed by atoms with Crippen molar-refractivity contribution in [3.05, 3.63) is 58.6 Å². The van der Waals surface area contributed by atoms with Crippen molar-refractivity contribution in [1.82, 2.24) is 0 Å². The molecule has 0 saturated carbocycles. The molecule has 0 aliphatic heterocycles. The summed E-state index contributed by atoms with van der Waals surface area (Å²) in [7, 11) is 0. The summed E-state index contributed by atoms with van der Waals surface area (Å²) < 4.78 is 45.9. The van der Waals surface area contributed by atoms with E-state index in [0.29, 0.717) is 4.47 Å².